The predicted molar refractivity (Wildman–Crippen MR) is 98.9 cm³/mol. The quantitative estimate of drug-likeness (QED) is 0.707. The third-order valence-corrected chi connectivity index (χ3v) is 4.19. The third kappa shape index (κ3) is 4.38. The van der Waals surface area contributed by atoms with Crippen LogP contribution in [-0.4, -0.2) is 35.7 Å². The minimum absolute atomic E-state index is 0.0706. The van der Waals surface area contributed by atoms with Crippen molar-refractivity contribution in [3.8, 4) is 0 Å². The van der Waals surface area contributed by atoms with E-state index in [2.05, 4.69) is 16.0 Å². The van der Waals surface area contributed by atoms with Crippen LogP contribution >= 0.6 is 11.6 Å². The fraction of sp³-hybridized carbons (Fsp3) is 0.263. The van der Waals surface area contributed by atoms with Crippen LogP contribution in [0.3, 0.4) is 0 Å². The number of para-hydroxylation sites is 2. The van der Waals surface area contributed by atoms with E-state index in [9.17, 15) is 4.79 Å². The molecule has 3 aromatic rings. The first-order valence-corrected chi connectivity index (χ1v) is 8.49. The maximum atomic E-state index is 11.5. The van der Waals surface area contributed by atoms with E-state index in [4.69, 9.17) is 21.3 Å². The fourth-order valence-electron chi connectivity index (χ4n) is 2.76. The molecule has 5 nitrogen and oxygen atoms in total. The van der Waals surface area contributed by atoms with Gasteiger partial charge in [-0.2, -0.15) is 0 Å². The van der Waals surface area contributed by atoms with Gasteiger partial charge in [-0.25, -0.2) is 4.98 Å². The number of amides is 1. The number of methoxy groups -OCH3 is 1. The van der Waals surface area contributed by atoms with Crippen molar-refractivity contribution in [1.29, 1.82) is 0 Å². The minimum Gasteiger partial charge on any atom is -0.375 e. The number of hydrogen-bond donors (Lipinski definition) is 1. The molecule has 2 aromatic carbocycles. The van der Waals surface area contributed by atoms with Crippen molar-refractivity contribution < 1.29 is 9.53 Å². The molecule has 0 aliphatic carbocycles. The molecule has 6 heteroatoms. The first kappa shape index (κ1) is 17.5. The number of carbonyl (C=O) groups is 1. The molecule has 0 unspecified atom stereocenters. The molecule has 1 aromatic heterocycles. The van der Waals surface area contributed by atoms with Gasteiger partial charge in [-0.15, -0.1) is 0 Å². The van der Waals surface area contributed by atoms with E-state index in [1.54, 1.807) is 0 Å². The smallest absolute Gasteiger partial charge is 0.245 e. The van der Waals surface area contributed by atoms with Crippen LogP contribution in [0, 0.1) is 0 Å². The van der Waals surface area contributed by atoms with Crippen LogP contribution < -0.4 is 5.32 Å². The third-order valence-electron chi connectivity index (χ3n) is 3.93. The summed E-state index contributed by atoms with van der Waals surface area (Å²) in [6.07, 6.45) is 0.651. The molecule has 0 aliphatic rings. The van der Waals surface area contributed by atoms with Crippen molar-refractivity contribution in [3.05, 3.63) is 64.9 Å². The van der Waals surface area contributed by atoms with Crippen LogP contribution in [-0.2, 0) is 22.5 Å². The molecule has 1 heterocycles. The molecule has 1 amide bonds. The van der Waals surface area contributed by atoms with Gasteiger partial charge in [0.25, 0.3) is 0 Å². The zero-order valence-electron chi connectivity index (χ0n) is 14.0. The maximum absolute atomic E-state index is 11.5. The molecule has 3 rings (SSSR count). The molecular formula is C19H20ClN3O2. The van der Waals surface area contributed by atoms with Gasteiger partial charge in [0, 0.05) is 31.6 Å². The number of rotatable bonds is 7. The average Bonchev–Trinajstić information content (AvgIpc) is 2.95. The molecule has 0 fully saturated rings. The number of imidazole rings is 1. The number of carbonyl (C=O) groups excluding carboxylic acids is 1. The van der Waals surface area contributed by atoms with Gasteiger partial charge in [-0.1, -0.05) is 35.9 Å². The Balaban J connectivity index is 1.81. The average molecular weight is 358 g/mol. The summed E-state index contributed by atoms with van der Waals surface area (Å²) < 4.78 is 7.00. The highest BCUT2D eigenvalue weighted by Gasteiger charge is 2.11. The number of benzene rings is 2. The molecule has 0 bridgehead atoms. The van der Waals surface area contributed by atoms with Gasteiger partial charge >= 0.3 is 0 Å². The zero-order chi connectivity index (χ0) is 17.6. The summed E-state index contributed by atoms with van der Waals surface area (Å²) in [6, 6.07) is 15.9. The second-order valence-electron chi connectivity index (χ2n) is 5.76. The number of nitrogens with one attached hydrogen (secondary N) is 1. The first-order valence-electron chi connectivity index (χ1n) is 8.11. The first-order chi connectivity index (χ1) is 12.2. The number of nitrogens with zero attached hydrogens (tertiary/aromatic N) is 2. The second-order valence-corrected chi connectivity index (χ2v) is 6.20. The van der Waals surface area contributed by atoms with Gasteiger partial charge in [-0.3, -0.25) is 4.79 Å². The zero-order valence-corrected chi connectivity index (χ0v) is 14.8. The molecule has 25 heavy (non-hydrogen) atoms. The lowest BCUT2D eigenvalue weighted by molar-refractivity contribution is -0.124. The van der Waals surface area contributed by atoms with Crippen LogP contribution in [0.5, 0.6) is 0 Å². The van der Waals surface area contributed by atoms with Crippen molar-refractivity contribution in [2.75, 3.05) is 20.3 Å². The normalized spacial score (nSPS) is 11.0. The Hall–Kier alpha value is -2.37. The highest BCUT2D eigenvalue weighted by molar-refractivity contribution is 6.30. The Morgan fingerprint density at radius 1 is 1.20 bits per heavy atom. The summed E-state index contributed by atoms with van der Waals surface area (Å²) in [5.74, 6) is 0.816. The predicted octanol–water partition coefficient (Wildman–Crippen LogP) is 3.04. The van der Waals surface area contributed by atoms with Crippen LogP contribution in [0.4, 0.5) is 0 Å². The Morgan fingerprint density at radius 3 is 2.72 bits per heavy atom. The number of ether oxygens (including phenoxy) is 1. The number of fused-ring (bicyclic) bond motifs is 1. The van der Waals surface area contributed by atoms with Crippen molar-refractivity contribution in [2.24, 2.45) is 0 Å². The Bertz CT molecular complexity index is 859. The Kier molecular flexibility index (Phi) is 5.68. The topological polar surface area (TPSA) is 56.1 Å². The summed E-state index contributed by atoms with van der Waals surface area (Å²) in [5, 5.41) is 3.56. The fourth-order valence-corrected chi connectivity index (χ4v) is 2.89. The largest absolute Gasteiger partial charge is 0.375 e. The van der Waals surface area contributed by atoms with Crippen molar-refractivity contribution in [1.82, 2.24) is 14.9 Å². The van der Waals surface area contributed by atoms with Gasteiger partial charge in [0.05, 0.1) is 11.0 Å². The van der Waals surface area contributed by atoms with Gasteiger partial charge < -0.3 is 14.6 Å². The van der Waals surface area contributed by atoms with Crippen LogP contribution in [0.1, 0.15) is 11.4 Å². The van der Waals surface area contributed by atoms with Crippen LogP contribution in [0.25, 0.3) is 11.0 Å². The molecule has 0 radical (unpaired) electrons. The number of hydrogen-bond acceptors (Lipinski definition) is 3. The second kappa shape index (κ2) is 8.14. The molecule has 130 valence electrons. The van der Waals surface area contributed by atoms with Crippen molar-refractivity contribution in [2.45, 2.75) is 13.0 Å². The van der Waals surface area contributed by atoms with Gasteiger partial charge in [0.2, 0.25) is 5.91 Å². The van der Waals surface area contributed by atoms with E-state index >= 15 is 0 Å². The lowest BCUT2D eigenvalue weighted by atomic mass is 10.2. The van der Waals surface area contributed by atoms with Gasteiger partial charge in [0.1, 0.15) is 12.4 Å². The molecular weight excluding hydrogens is 338 g/mol. The Morgan fingerprint density at radius 2 is 1.96 bits per heavy atom. The molecule has 0 spiro atoms. The van der Waals surface area contributed by atoms with Crippen molar-refractivity contribution >= 4 is 28.5 Å². The summed E-state index contributed by atoms with van der Waals surface area (Å²) >= 11 is 5.97. The van der Waals surface area contributed by atoms with E-state index in [0.29, 0.717) is 19.5 Å². The van der Waals surface area contributed by atoms with Crippen molar-refractivity contribution in [3.63, 3.8) is 0 Å². The molecule has 0 aliphatic heterocycles. The Labute approximate surface area is 151 Å². The summed E-state index contributed by atoms with van der Waals surface area (Å²) in [6.45, 7) is 1.30. The van der Waals surface area contributed by atoms with Crippen LogP contribution in [0.15, 0.2) is 48.5 Å². The standard InChI is InChI=1S/C19H20ClN3O2/c1-25-13-19(24)21-11-10-18-22-16-4-2-3-5-17(16)23(18)12-14-6-8-15(20)9-7-14/h2-9H,10-13H2,1H3,(H,21,24). The highest BCUT2D eigenvalue weighted by Crippen LogP contribution is 2.19. The lowest BCUT2D eigenvalue weighted by Gasteiger charge is -2.10. The molecule has 0 saturated carbocycles. The SMILES string of the molecule is COCC(=O)NCCc1nc2ccccc2n1Cc1ccc(Cl)cc1. The van der Waals surface area contributed by atoms with E-state index < -0.39 is 0 Å². The highest BCUT2D eigenvalue weighted by atomic mass is 35.5. The molecule has 0 atom stereocenters. The maximum Gasteiger partial charge on any atom is 0.245 e. The summed E-state index contributed by atoms with van der Waals surface area (Å²) in [4.78, 5) is 16.3. The monoisotopic (exact) mass is 357 g/mol. The molecule has 1 N–H and O–H groups in total. The molecule has 0 saturated heterocycles. The van der Waals surface area contributed by atoms with E-state index in [0.717, 1.165) is 27.4 Å². The van der Waals surface area contributed by atoms with E-state index in [1.807, 2.05) is 42.5 Å². The number of halogens is 1. The number of aromatic nitrogens is 2. The van der Waals surface area contributed by atoms with Gasteiger partial charge in [-0.05, 0) is 29.8 Å². The summed E-state index contributed by atoms with van der Waals surface area (Å²) in [7, 11) is 1.51. The van der Waals surface area contributed by atoms with E-state index in [-0.39, 0.29) is 12.5 Å². The van der Waals surface area contributed by atoms with Gasteiger partial charge in [0.15, 0.2) is 0 Å². The van der Waals surface area contributed by atoms with E-state index in [1.165, 1.54) is 7.11 Å². The summed E-state index contributed by atoms with van der Waals surface area (Å²) in [5.41, 5.74) is 3.18. The van der Waals surface area contributed by atoms with Crippen LogP contribution in [0.2, 0.25) is 5.02 Å². The minimum atomic E-state index is -0.122. The lowest BCUT2D eigenvalue weighted by Crippen LogP contribution is -2.29.